The summed E-state index contributed by atoms with van der Waals surface area (Å²) in [5.41, 5.74) is 0. The predicted molar refractivity (Wildman–Crippen MR) is 84.0 cm³/mol. The molecule has 2 fully saturated rings. The van der Waals surface area contributed by atoms with Crippen molar-refractivity contribution in [2.75, 3.05) is 6.61 Å². The van der Waals surface area contributed by atoms with E-state index in [-0.39, 0.29) is 0 Å². The van der Waals surface area contributed by atoms with Gasteiger partial charge in [-0.1, -0.05) is 39.0 Å². The highest BCUT2D eigenvalue weighted by Gasteiger charge is 2.21. The van der Waals surface area contributed by atoms with Gasteiger partial charge in [-0.25, -0.2) is 0 Å². The summed E-state index contributed by atoms with van der Waals surface area (Å²) >= 11 is 0. The van der Waals surface area contributed by atoms with E-state index in [4.69, 9.17) is 9.47 Å². The van der Waals surface area contributed by atoms with E-state index in [1.165, 1.54) is 70.6 Å². The number of rotatable bonds is 9. The van der Waals surface area contributed by atoms with E-state index in [1.807, 2.05) is 0 Å². The zero-order valence-electron chi connectivity index (χ0n) is 13.6. The number of hydrogen-bond acceptors (Lipinski definition) is 2. The first-order valence-electron chi connectivity index (χ1n) is 9.03. The van der Waals surface area contributed by atoms with Crippen molar-refractivity contribution in [3.63, 3.8) is 0 Å². The van der Waals surface area contributed by atoms with Gasteiger partial charge in [0.05, 0.1) is 18.3 Å². The monoisotopic (exact) mass is 282 g/mol. The molecule has 2 atom stereocenters. The molecule has 0 saturated heterocycles. The number of ether oxygens (including phenoxy) is 2. The second-order valence-corrected chi connectivity index (χ2v) is 7.00. The van der Waals surface area contributed by atoms with Gasteiger partial charge in [0.1, 0.15) is 0 Å². The Morgan fingerprint density at radius 2 is 1.45 bits per heavy atom. The Morgan fingerprint density at radius 3 is 2.10 bits per heavy atom. The first kappa shape index (κ1) is 16.3. The second kappa shape index (κ2) is 9.04. The van der Waals surface area contributed by atoms with Crippen molar-refractivity contribution in [1.29, 1.82) is 0 Å². The van der Waals surface area contributed by atoms with Crippen LogP contribution in [0.3, 0.4) is 0 Å². The number of unbranched alkanes of at least 4 members (excludes halogenated alkanes) is 1. The van der Waals surface area contributed by atoms with Crippen molar-refractivity contribution in [2.24, 2.45) is 5.92 Å². The molecule has 2 rings (SSSR count). The summed E-state index contributed by atoms with van der Waals surface area (Å²) in [6, 6.07) is 0. The topological polar surface area (TPSA) is 18.5 Å². The molecular weight excluding hydrogens is 248 g/mol. The third-order valence-electron chi connectivity index (χ3n) is 5.22. The average molecular weight is 282 g/mol. The molecule has 118 valence electrons. The van der Waals surface area contributed by atoms with Crippen LogP contribution < -0.4 is 0 Å². The maximum atomic E-state index is 6.18. The Hall–Kier alpha value is -0.0800. The zero-order chi connectivity index (χ0) is 14.2. The van der Waals surface area contributed by atoms with Crippen molar-refractivity contribution in [1.82, 2.24) is 0 Å². The molecular formula is C18H34O2. The van der Waals surface area contributed by atoms with Crippen LogP contribution >= 0.6 is 0 Å². The molecule has 2 aliphatic carbocycles. The van der Waals surface area contributed by atoms with Crippen molar-refractivity contribution < 1.29 is 9.47 Å². The van der Waals surface area contributed by atoms with Crippen molar-refractivity contribution in [2.45, 2.75) is 103 Å². The lowest BCUT2D eigenvalue weighted by Gasteiger charge is -2.24. The van der Waals surface area contributed by atoms with Crippen LogP contribution in [0.15, 0.2) is 0 Å². The SMILES string of the molecule is CC(CCCCOC1CCCC1)C(C)OC1CCCC1. The quantitative estimate of drug-likeness (QED) is 0.548. The van der Waals surface area contributed by atoms with Gasteiger partial charge in [-0.2, -0.15) is 0 Å². The lowest BCUT2D eigenvalue weighted by atomic mass is 9.99. The molecule has 0 heterocycles. The fourth-order valence-electron chi connectivity index (χ4n) is 3.57. The molecule has 2 saturated carbocycles. The van der Waals surface area contributed by atoms with E-state index in [0.717, 1.165) is 6.61 Å². The number of hydrogen-bond donors (Lipinski definition) is 0. The van der Waals surface area contributed by atoms with Crippen LogP contribution in [0.25, 0.3) is 0 Å². The molecule has 0 radical (unpaired) electrons. The highest BCUT2D eigenvalue weighted by Crippen LogP contribution is 2.25. The van der Waals surface area contributed by atoms with Gasteiger partial charge in [0.25, 0.3) is 0 Å². The molecule has 0 spiro atoms. The van der Waals surface area contributed by atoms with Gasteiger partial charge >= 0.3 is 0 Å². The van der Waals surface area contributed by atoms with Crippen LogP contribution in [0, 0.1) is 5.92 Å². The molecule has 0 aliphatic heterocycles. The summed E-state index contributed by atoms with van der Waals surface area (Å²) < 4.78 is 12.1. The Morgan fingerprint density at radius 1 is 0.850 bits per heavy atom. The normalized spacial score (nSPS) is 24.3. The minimum absolute atomic E-state index is 0.425. The molecule has 0 N–H and O–H groups in total. The van der Waals surface area contributed by atoms with Gasteiger partial charge in [0.2, 0.25) is 0 Å². The summed E-state index contributed by atoms with van der Waals surface area (Å²) in [7, 11) is 0. The molecule has 2 aliphatic rings. The Labute approximate surface area is 125 Å². The van der Waals surface area contributed by atoms with Gasteiger partial charge in [-0.3, -0.25) is 0 Å². The van der Waals surface area contributed by atoms with Crippen LogP contribution in [-0.4, -0.2) is 24.9 Å². The van der Waals surface area contributed by atoms with E-state index in [0.29, 0.717) is 24.2 Å². The maximum Gasteiger partial charge on any atom is 0.0578 e. The van der Waals surface area contributed by atoms with Crippen molar-refractivity contribution in [3.05, 3.63) is 0 Å². The third kappa shape index (κ3) is 5.73. The summed E-state index contributed by atoms with van der Waals surface area (Å²) in [6.07, 6.45) is 16.0. The summed E-state index contributed by atoms with van der Waals surface area (Å²) in [5.74, 6) is 0.682. The van der Waals surface area contributed by atoms with Crippen molar-refractivity contribution in [3.8, 4) is 0 Å². The van der Waals surface area contributed by atoms with Crippen LogP contribution in [0.1, 0.15) is 84.5 Å². The average Bonchev–Trinajstić information content (AvgIpc) is 3.11. The van der Waals surface area contributed by atoms with Crippen LogP contribution in [-0.2, 0) is 9.47 Å². The van der Waals surface area contributed by atoms with Gasteiger partial charge in [0.15, 0.2) is 0 Å². The second-order valence-electron chi connectivity index (χ2n) is 7.00. The van der Waals surface area contributed by atoms with E-state index < -0.39 is 0 Å². The van der Waals surface area contributed by atoms with Gasteiger partial charge in [0, 0.05) is 6.61 Å². The fourth-order valence-corrected chi connectivity index (χ4v) is 3.57. The standard InChI is InChI=1S/C18H34O2/c1-15(16(2)20-18-12-5-6-13-18)9-7-8-14-19-17-10-3-4-11-17/h15-18H,3-14H2,1-2H3. The maximum absolute atomic E-state index is 6.18. The largest absolute Gasteiger partial charge is 0.378 e. The molecule has 0 amide bonds. The predicted octanol–water partition coefficient (Wildman–Crippen LogP) is 5.10. The Bertz CT molecular complexity index is 242. The molecule has 2 unspecified atom stereocenters. The molecule has 0 bridgehead atoms. The molecule has 2 nitrogen and oxygen atoms in total. The first-order chi connectivity index (χ1) is 9.75. The molecule has 0 aromatic rings. The zero-order valence-corrected chi connectivity index (χ0v) is 13.6. The highest BCUT2D eigenvalue weighted by atomic mass is 16.5. The smallest absolute Gasteiger partial charge is 0.0578 e. The van der Waals surface area contributed by atoms with E-state index in [9.17, 15) is 0 Å². The lowest BCUT2D eigenvalue weighted by molar-refractivity contribution is -0.0277. The van der Waals surface area contributed by atoms with E-state index in [2.05, 4.69) is 13.8 Å². The Balaban J connectivity index is 1.47. The minimum Gasteiger partial charge on any atom is -0.378 e. The van der Waals surface area contributed by atoms with Crippen LogP contribution in [0.2, 0.25) is 0 Å². The summed E-state index contributed by atoms with van der Waals surface area (Å²) in [6.45, 7) is 5.57. The molecule has 20 heavy (non-hydrogen) atoms. The lowest BCUT2D eigenvalue weighted by Crippen LogP contribution is -2.23. The van der Waals surface area contributed by atoms with Gasteiger partial charge < -0.3 is 9.47 Å². The molecule has 2 heteroatoms. The van der Waals surface area contributed by atoms with E-state index >= 15 is 0 Å². The minimum atomic E-state index is 0.425. The van der Waals surface area contributed by atoms with Gasteiger partial charge in [-0.05, 0) is 51.4 Å². The summed E-state index contributed by atoms with van der Waals surface area (Å²) in [5, 5.41) is 0. The van der Waals surface area contributed by atoms with Gasteiger partial charge in [-0.15, -0.1) is 0 Å². The molecule has 0 aromatic heterocycles. The Kier molecular flexibility index (Phi) is 7.37. The van der Waals surface area contributed by atoms with Crippen LogP contribution in [0.5, 0.6) is 0 Å². The van der Waals surface area contributed by atoms with E-state index in [1.54, 1.807) is 0 Å². The third-order valence-corrected chi connectivity index (χ3v) is 5.22. The first-order valence-corrected chi connectivity index (χ1v) is 9.03. The summed E-state index contributed by atoms with van der Waals surface area (Å²) in [4.78, 5) is 0. The molecule has 0 aromatic carbocycles. The highest BCUT2D eigenvalue weighted by molar-refractivity contribution is 4.71. The fraction of sp³-hybridized carbons (Fsp3) is 1.00. The van der Waals surface area contributed by atoms with Crippen LogP contribution in [0.4, 0.5) is 0 Å². The van der Waals surface area contributed by atoms with Crippen molar-refractivity contribution >= 4 is 0 Å².